The SMILES string of the molecule is CCCOC(=O)/C=C/C(=O)OO. The van der Waals surface area contributed by atoms with Gasteiger partial charge in [0.25, 0.3) is 0 Å². The molecule has 5 nitrogen and oxygen atoms in total. The summed E-state index contributed by atoms with van der Waals surface area (Å²) in [6.45, 7) is 2.15. The fourth-order valence-electron chi connectivity index (χ4n) is 0.417. The van der Waals surface area contributed by atoms with Crippen LogP contribution in [0.1, 0.15) is 13.3 Å². The lowest BCUT2D eigenvalue weighted by Gasteiger charge is -1.96. The number of esters is 1. The van der Waals surface area contributed by atoms with Crippen LogP contribution in [0, 0.1) is 0 Å². The zero-order chi connectivity index (χ0) is 9.40. The lowest BCUT2D eigenvalue weighted by atomic mass is 10.5. The van der Waals surface area contributed by atoms with Gasteiger partial charge in [-0.1, -0.05) is 6.92 Å². The van der Waals surface area contributed by atoms with Crippen molar-refractivity contribution in [3.63, 3.8) is 0 Å². The van der Waals surface area contributed by atoms with Crippen molar-refractivity contribution in [2.24, 2.45) is 0 Å². The van der Waals surface area contributed by atoms with Gasteiger partial charge in [0.2, 0.25) is 0 Å². The van der Waals surface area contributed by atoms with E-state index in [4.69, 9.17) is 5.26 Å². The Kier molecular flexibility index (Phi) is 5.64. The molecule has 68 valence electrons. The third-order valence-corrected chi connectivity index (χ3v) is 0.894. The van der Waals surface area contributed by atoms with Crippen molar-refractivity contribution < 1.29 is 24.5 Å². The van der Waals surface area contributed by atoms with Gasteiger partial charge in [-0.3, -0.25) is 4.89 Å². The standard InChI is InChI=1S/C7H10O5/c1-2-5-11-6(8)3-4-7(9)12-10/h3-4,10H,2,5H2,1H3/b4-3+. The van der Waals surface area contributed by atoms with Gasteiger partial charge in [0.1, 0.15) is 0 Å². The molecule has 0 radical (unpaired) electrons. The van der Waals surface area contributed by atoms with Crippen molar-refractivity contribution in [1.29, 1.82) is 0 Å². The number of hydrogen-bond acceptors (Lipinski definition) is 5. The van der Waals surface area contributed by atoms with Gasteiger partial charge in [0.05, 0.1) is 6.61 Å². The Morgan fingerprint density at radius 1 is 1.33 bits per heavy atom. The minimum absolute atomic E-state index is 0.303. The average Bonchev–Trinajstić information content (AvgIpc) is 2.10. The van der Waals surface area contributed by atoms with Gasteiger partial charge in [-0.15, -0.1) is 0 Å². The summed E-state index contributed by atoms with van der Waals surface area (Å²) in [7, 11) is 0. The summed E-state index contributed by atoms with van der Waals surface area (Å²) in [5.74, 6) is -1.65. The van der Waals surface area contributed by atoms with Crippen molar-refractivity contribution in [3.05, 3.63) is 12.2 Å². The van der Waals surface area contributed by atoms with Crippen LogP contribution in [0.4, 0.5) is 0 Å². The zero-order valence-corrected chi connectivity index (χ0v) is 6.65. The lowest BCUT2D eigenvalue weighted by molar-refractivity contribution is -0.228. The molecule has 0 atom stereocenters. The lowest BCUT2D eigenvalue weighted by Crippen LogP contribution is -2.03. The maximum atomic E-state index is 10.6. The van der Waals surface area contributed by atoms with Crippen LogP contribution >= 0.6 is 0 Å². The second-order valence-corrected chi connectivity index (χ2v) is 1.91. The Balaban J connectivity index is 3.67. The van der Waals surface area contributed by atoms with Crippen LogP contribution < -0.4 is 0 Å². The molecule has 5 heteroatoms. The van der Waals surface area contributed by atoms with Crippen molar-refractivity contribution in [2.45, 2.75) is 13.3 Å². The third kappa shape index (κ3) is 5.43. The molecule has 0 aromatic rings. The number of rotatable bonds is 4. The number of hydrogen-bond donors (Lipinski definition) is 1. The van der Waals surface area contributed by atoms with E-state index in [0.29, 0.717) is 13.0 Å². The predicted molar refractivity (Wildman–Crippen MR) is 39.1 cm³/mol. The molecule has 0 aliphatic carbocycles. The minimum atomic E-state index is -1.01. The van der Waals surface area contributed by atoms with E-state index in [-0.39, 0.29) is 0 Å². The molecular formula is C7H10O5. The van der Waals surface area contributed by atoms with E-state index in [0.717, 1.165) is 12.2 Å². The minimum Gasteiger partial charge on any atom is -0.463 e. The summed E-state index contributed by atoms with van der Waals surface area (Å²) in [6, 6.07) is 0. The normalized spacial score (nSPS) is 9.83. The van der Waals surface area contributed by atoms with Gasteiger partial charge in [-0.05, 0) is 6.42 Å². The highest BCUT2D eigenvalue weighted by atomic mass is 17.1. The quantitative estimate of drug-likeness (QED) is 0.291. The van der Waals surface area contributed by atoms with E-state index in [1.807, 2.05) is 6.92 Å². The Labute approximate surface area is 69.5 Å². The first-order valence-corrected chi connectivity index (χ1v) is 3.41. The summed E-state index contributed by atoms with van der Waals surface area (Å²) in [6.07, 6.45) is 2.37. The average molecular weight is 174 g/mol. The second kappa shape index (κ2) is 6.36. The molecule has 1 N–H and O–H groups in total. The highest BCUT2D eigenvalue weighted by molar-refractivity contribution is 5.91. The van der Waals surface area contributed by atoms with Gasteiger partial charge in [0.15, 0.2) is 0 Å². The van der Waals surface area contributed by atoms with Gasteiger partial charge < -0.3 is 4.74 Å². The zero-order valence-electron chi connectivity index (χ0n) is 6.65. The molecule has 0 bridgehead atoms. The second-order valence-electron chi connectivity index (χ2n) is 1.91. The van der Waals surface area contributed by atoms with Gasteiger partial charge >= 0.3 is 11.9 Å². The number of carbonyl (C=O) groups excluding carboxylic acids is 2. The first-order valence-electron chi connectivity index (χ1n) is 3.41. The molecule has 0 saturated heterocycles. The molecule has 0 fully saturated rings. The van der Waals surface area contributed by atoms with Gasteiger partial charge in [-0.2, -0.15) is 5.26 Å². The summed E-state index contributed by atoms with van der Waals surface area (Å²) in [4.78, 5) is 24.1. The molecule has 0 aliphatic rings. The van der Waals surface area contributed by atoms with E-state index < -0.39 is 11.9 Å². The summed E-state index contributed by atoms with van der Waals surface area (Å²) in [5, 5.41) is 7.77. The van der Waals surface area contributed by atoms with Crippen molar-refractivity contribution >= 4 is 11.9 Å². The molecule has 0 heterocycles. The smallest absolute Gasteiger partial charge is 0.365 e. The summed E-state index contributed by atoms with van der Waals surface area (Å²) < 4.78 is 4.57. The van der Waals surface area contributed by atoms with Crippen molar-refractivity contribution in [2.75, 3.05) is 6.61 Å². The Bertz CT molecular complexity index is 184. The topological polar surface area (TPSA) is 72.8 Å². The van der Waals surface area contributed by atoms with E-state index in [1.165, 1.54) is 0 Å². The van der Waals surface area contributed by atoms with Crippen LogP contribution in [0.3, 0.4) is 0 Å². The van der Waals surface area contributed by atoms with E-state index in [1.54, 1.807) is 0 Å². The van der Waals surface area contributed by atoms with Crippen LogP contribution in [0.5, 0.6) is 0 Å². The van der Waals surface area contributed by atoms with Gasteiger partial charge in [-0.25, -0.2) is 9.59 Å². The van der Waals surface area contributed by atoms with Crippen LogP contribution in [-0.4, -0.2) is 23.8 Å². The van der Waals surface area contributed by atoms with Crippen LogP contribution in [0.25, 0.3) is 0 Å². The molecule has 0 unspecified atom stereocenters. The molecule has 0 aliphatic heterocycles. The number of ether oxygens (including phenoxy) is 1. The molecule has 0 rings (SSSR count). The van der Waals surface area contributed by atoms with Gasteiger partial charge in [0, 0.05) is 12.2 Å². The monoisotopic (exact) mass is 174 g/mol. The molecule has 0 aromatic carbocycles. The molecule has 0 saturated carbocycles. The van der Waals surface area contributed by atoms with Crippen molar-refractivity contribution in [1.82, 2.24) is 0 Å². The van der Waals surface area contributed by atoms with Crippen LogP contribution in [0.15, 0.2) is 12.2 Å². The molecule has 0 spiro atoms. The Morgan fingerprint density at radius 2 is 1.92 bits per heavy atom. The fraction of sp³-hybridized carbons (Fsp3) is 0.429. The maximum Gasteiger partial charge on any atom is 0.365 e. The third-order valence-electron chi connectivity index (χ3n) is 0.894. The van der Waals surface area contributed by atoms with Crippen LogP contribution in [0.2, 0.25) is 0 Å². The highest BCUT2D eigenvalue weighted by Crippen LogP contribution is 1.85. The summed E-state index contributed by atoms with van der Waals surface area (Å²) >= 11 is 0. The van der Waals surface area contributed by atoms with E-state index in [9.17, 15) is 9.59 Å². The largest absolute Gasteiger partial charge is 0.463 e. The molecule has 0 amide bonds. The molecule has 12 heavy (non-hydrogen) atoms. The highest BCUT2D eigenvalue weighted by Gasteiger charge is 1.98. The maximum absolute atomic E-state index is 10.6. The van der Waals surface area contributed by atoms with E-state index >= 15 is 0 Å². The van der Waals surface area contributed by atoms with Crippen molar-refractivity contribution in [3.8, 4) is 0 Å². The number of carbonyl (C=O) groups is 2. The van der Waals surface area contributed by atoms with E-state index in [2.05, 4.69) is 9.62 Å². The van der Waals surface area contributed by atoms with Crippen LogP contribution in [-0.2, 0) is 19.2 Å². The predicted octanol–water partition coefficient (Wildman–Crippen LogP) is 0.512. The Hall–Kier alpha value is -1.36. The molecule has 0 aromatic heterocycles. The Morgan fingerprint density at radius 3 is 2.42 bits per heavy atom. The first kappa shape index (κ1) is 10.6. The summed E-state index contributed by atoms with van der Waals surface area (Å²) in [5.41, 5.74) is 0. The first-order chi connectivity index (χ1) is 5.70. The fourth-order valence-corrected chi connectivity index (χ4v) is 0.417. The molecular weight excluding hydrogens is 164 g/mol.